The van der Waals surface area contributed by atoms with Gasteiger partial charge in [0.1, 0.15) is 0 Å². The Hall–Kier alpha value is -1.09. The van der Waals surface area contributed by atoms with E-state index in [2.05, 4.69) is 4.98 Å². The van der Waals surface area contributed by atoms with Crippen LogP contribution in [0.5, 0.6) is 5.88 Å². The van der Waals surface area contributed by atoms with Crippen LogP contribution in [0.15, 0.2) is 18.2 Å². The van der Waals surface area contributed by atoms with Gasteiger partial charge < -0.3 is 9.84 Å². The van der Waals surface area contributed by atoms with Crippen molar-refractivity contribution in [3.63, 3.8) is 0 Å². The number of aliphatic hydroxyl groups is 1. The van der Waals surface area contributed by atoms with Gasteiger partial charge in [0.2, 0.25) is 5.88 Å². The average Bonchev–Trinajstić information content (AvgIpc) is 2.18. The maximum atomic E-state index is 9.39. The van der Waals surface area contributed by atoms with Gasteiger partial charge in [-0.25, -0.2) is 4.98 Å². The molecule has 0 amide bonds. The van der Waals surface area contributed by atoms with Crippen LogP contribution < -0.4 is 4.74 Å². The van der Waals surface area contributed by atoms with Gasteiger partial charge in [-0.3, -0.25) is 0 Å². The summed E-state index contributed by atoms with van der Waals surface area (Å²) in [5, 5.41) is 9.39. The lowest BCUT2D eigenvalue weighted by atomic mass is 10.1. The monoisotopic (exact) mass is 181 g/mol. The third-order valence-corrected chi connectivity index (χ3v) is 1.91. The van der Waals surface area contributed by atoms with Crippen molar-refractivity contribution in [2.45, 2.75) is 25.9 Å². The van der Waals surface area contributed by atoms with E-state index in [1.165, 1.54) is 0 Å². The summed E-state index contributed by atoms with van der Waals surface area (Å²) < 4.78 is 4.98. The van der Waals surface area contributed by atoms with E-state index in [4.69, 9.17) is 4.74 Å². The second kappa shape index (κ2) is 4.82. The number of methoxy groups -OCH3 is 1. The first-order valence-electron chi connectivity index (χ1n) is 4.44. The van der Waals surface area contributed by atoms with Crippen molar-refractivity contribution in [1.29, 1.82) is 0 Å². The molecule has 1 unspecified atom stereocenters. The summed E-state index contributed by atoms with van der Waals surface area (Å²) in [6.45, 7) is 1.95. The number of nitrogens with zero attached hydrogens (tertiary/aromatic N) is 1. The highest BCUT2D eigenvalue weighted by Crippen LogP contribution is 2.09. The topological polar surface area (TPSA) is 42.4 Å². The molecule has 0 aromatic carbocycles. The molecular weight excluding hydrogens is 166 g/mol. The summed E-state index contributed by atoms with van der Waals surface area (Å²) in [4.78, 5) is 4.20. The predicted molar refractivity (Wildman–Crippen MR) is 50.8 cm³/mol. The van der Waals surface area contributed by atoms with Crippen molar-refractivity contribution in [2.24, 2.45) is 0 Å². The van der Waals surface area contributed by atoms with Crippen LogP contribution in [0.3, 0.4) is 0 Å². The molecule has 1 N–H and O–H groups in total. The summed E-state index contributed by atoms with van der Waals surface area (Å²) in [6, 6.07) is 5.56. The Morgan fingerprint density at radius 2 is 2.31 bits per heavy atom. The molecule has 0 aliphatic heterocycles. The summed E-state index contributed by atoms with van der Waals surface area (Å²) >= 11 is 0. The third kappa shape index (κ3) is 3.03. The number of aliphatic hydroxyl groups excluding tert-OH is 1. The number of aromatic nitrogens is 1. The number of hydrogen-bond acceptors (Lipinski definition) is 3. The molecule has 0 aliphatic carbocycles. The lowest BCUT2D eigenvalue weighted by Crippen LogP contribution is -2.09. The SMILES string of the molecule is CCC(O)Cc1cccc(OC)n1. The normalized spacial score (nSPS) is 12.5. The van der Waals surface area contributed by atoms with Crippen LogP contribution in [0.1, 0.15) is 19.0 Å². The average molecular weight is 181 g/mol. The molecule has 13 heavy (non-hydrogen) atoms. The van der Waals surface area contributed by atoms with E-state index >= 15 is 0 Å². The van der Waals surface area contributed by atoms with Crippen LogP contribution in [-0.2, 0) is 6.42 Å². The molecule has 0 bridgehead atoms. The van der Waals surface area contributed by atoms with E-state index in [1.807, 2.05) is 19.1 Å². The lowest BCUT2D eigenvalue weighted by Gasteiger charge is -2.07. The van der Waals surface area contributed by atoms with Crippen molar-refractivity contribution in [2.75, 3.05) is 7.11 Å². The molecular formula is C10H15NO2. The molecule has 0 radical (unpaired) electrons. The van der Waals surface area contributed by atoms with Gasteiger partial charge >= 0.3 is 0 Å². The van der Waals surface area contributed by atoms with Crippen LogP contribution in [-0.4, -0.2) is 23.3 Å². The molecule has 0 aliphatic rings. The van der Waals surface area contributed by atoms with Crippen molar-refractivity contribution in [1.82, 2.24) is 4.98 Å². The fraction of sp³-hybridized carbons (Fsp3) is 0.500. The molecule has 1 heterocycles. The number of rotatable bonds is 4. The molecule has 0 saturated carbocycles. The summed E-state index contributed by atoms with van der Waals surface area (Å²) in [5.41, 5.74) is 0.869. The first kappa shape index (κ1) is 9.99. The molecule has 3 heteroatoms. The molecule has 1 aromatic heterocycles. The maximum absolute atomic E-state index is 9.39. The summed E-state index contributed by atoms with van der Waals surface area (Å²) in [6.07, 6.45) is 1.03. The quantitative estimate of drug-likeness (QED) is 0.763. The molecule has 0 saturated heterocycles. The van der Waals surface area contributed by atoms with Crippen molar-refractivity contribution in [3.05, 3.63) is 23.9 Å². The third-order valence-electron chi connectivity index (χ3n) is 1.91. The van der Waals surface area contributed by atoms with E-state index in [-0.39, 0.29) is 6.10 Å². The molecule has 72 valence electrons. The van der Waals surface area contributed by atoms with Crippen molar-refractivity contribution >= 4 is 0 Å². The van der Waals surface area contributed by atoms with Gasteiger partial charge in [0.05, 0.1) is 13.2 Å². The largest absolute Gasteiger partial charge is 0.481 e. The predicted octanol–water partition coefficient (Wildman–Crippen LogP) is 1.40. The second-order valence-electron chi connectivity index (χ2n) is 2.94. The van der Waals surface area contributed by atoms with E-state index in [1.54, 1.807) is 13.2 Å². The van der Waals surface area contributed by atoms with Crippen LogP contribution in [0, 0.1) is 0 Å². The van der Waals surface area contributed by atoms with Crippen LogP contribution in [0.25, 0.3) is 0 Å². The number of ether oxygens (including phenoxy) is 1. The van der Waals surface area contributed by atoms with E-state index in [9.17, 15) is 5.11 Å². The highest BCUT2D eigenvalue weighted by Gasteiger charge is 2.04. The van der Waals surface area contributed by atoms with Crippen LogP contribution in [0.4, 0.5) is 0 Å². The summed E-state index contributed by atoms with van der Waals surface area (Å²) in [5.74, 6) is 0.598. The standard InChI is InChI=1S/C10H15NO2/c1-3-9(12)7-8-5-4-6-10(11-8)13-2/h4-6,9,12H,3,7H2,1-2H3. The van der Waals surface area contributed by atoms with Crippen LogP contribution >= 0.6 is 0 Å². The van der Waals surface area contributed by atoms with E-state index in [0.29, 0.717) is 12.3 Å². The fourth-order valence-corrected chi connectivity index (χ4v) is 1.07. The lowest BCUT2D eigenvalue weighted by molar-refractivity contribution is 0.169. The zero-order valence-electron chi connectivity index (χ0n) is 8.03. The minimum Gasteiger partial charge on any atom is -0.481 e. The van der Waals surface area contributed by atoms with Gasteiger partial charge in [0, 0.05) is 18.2 Å². The molecule has 1 aromatic rings. The highest BCUT2D eigenvalue weighted by molar-refractivity contribution is 5.16. The Bertz CT molecular complexity index is 263. The van der Waals surface area contributed by atoms with E-state index in [0.717, 1.165) is 12.1 Å². The fourth-order valence-electron chi connectivity index (χ4n) is 1.07. The summed E-state index contributed by atoms with van der Waals surface area (Å²) in [7, 11) is 1.59. The second-order valence-corrected chi connectivity index (χ2v) is 2.94. The van der Waals surface area contributed by atoms with Crippen molar-refractivity contribution in [3.8, 4) is 5.88 Å². The van der Waals surface area contributed by atoms with Crippen LogP contribution in [0.2, 0.25) is 0 Å². The Morgan fingerprint density at radius 3 is 2.92 bits per heavy atom. The van der Waals surface area contributed by atoms with Gasteiger partial charge in [0.15, 0.2) is 0 Å². The molecule has 0 spiro atoms. The number of pyridine rings is 1. The van der Waals surface area contributed by atoms with Gasteiger partial charge in [-0.05, 0) is 12.5 Å². The Morgan fingerprint density at radius 1 is 1.54 bits per heavy atom. The zero-order chi connectivity index (χ0) is 9.68. The van der Waals surface area contributed by atoms with Crippen molar-refractivity contribution < 1.29 is 9.84 Å². The molecule has 1 atom stereocenters. The number of hydrogen-bond donors (Lipinski definition) is 1. The molecule has 1 rings (SSSR count). The Balaban J connectivity index is 2.66. The molecule has 3 nitrogen and oxygen atoms in total. The highest BCUT2D eigenvalue weighted by atomic mass is 16.5. The van der Waals surface area contributed by atoms with Gasteiger partial charge in [-0.2, -0.15) is 0 Å². The smallest absolute Gasteiger partial charge is 0.213 e. The van der Waals surface area contributed by atoms with Gasteiger partial charge in [0.25, 0.3) is 0 Å². The van der Waals surface area contributed by atoms with Gasteiger partial charge in [-0.1, -0.05) is 13.0 Å². The Labute approximate surface area is 78.4 Å². The first-order valence-corrected chi connectivity index (χ1v) is 4.44. The molecule has 0 fully saturated rings. The zero-order valence-corrected chi connectivity index (χ0v) is 8.03. The maximum Gasteiger partial charge on any atom is 0.213 e. The minimum absolute atomic E-state index is 0.306. The minimum atomic E-state index is -0.306. The van der Waals surface area contributed by atoms with E-state index < -0.39 is 0 Å². The van der Waals surface area contributed by atoms with Gasteiger partial charge in [-0.15, -0.1) is 0 Å². The Kier molecular flexibility index (Phi) is 3.71. The first-order chi connectivity index (χ1) is 6.26.